The summed E-state index contributed by atoms with van der Waals surface area (Å²) in [7, 11) is 0. The van der Waals surface area contributed by atoms with Crippen molar-refractivity contribution in [2.45, 2.75) is 32.9 Å². The topological polar surface area (TPSA) is 74.8 Å². The van der Waals surface area contributed by atoms with Crippen molar-refractivity contribution in [1.82, 2.24) is 9.97 Å². The summed E-state index contributed by atoms with van der Waals surface area (Å²) in [6, 6.07) is 5.79. The Labute approximate surface area is 133 Å². The largest absolute Gasteiger partial charge is 0.325 e. The molecule has 0 saturated heterocycles. The summed E-state index contributed by atoms with van der Waals surface area (Å²) in [5.41, 5.74) is 4.12. The maximum atomic E-state index is 12.0. The zero-order chi connectivity index (χ0) is 16.3. The molecule has 5 nitrogen and oxygen atoms in total. The van der Waals surface area contributed by atoms with Gasteiger partial charge >= 0.3 is 0 Å². The van der Waals surface area contributed by atoms with Gasteiger partial charge in [0.05, 0.1) is 5.75 Å². The number of aryl methyl sites for hydroxylation is 2. The van der Waals surface area contributed by atoms with E-state index in [4.69, 9.17) is 0 Å². The highest BCUT2D eigenvalue weighted by molar-refractivity contribution is 7.99. The summed E-state index contributed by atoms with van der Waals surface area (Å²) in [5, 5.41) is 3.34. The lowest BCUT2D eigenvalue weighted by atomic mass is 10.1. The molecule has 0 bridgehead atoms. The average molecular weight is 317 g/mol. The number of aromatic amines is 1. The van der Waals surface area contributed by atoms with E-state index < -0.39 is 0 Å². The van der Waals surface area contributed by atoms with E-state index in [1.54, 1.807) is 13.8 Å². The third kappa shape index (κ3) is 3.76. The van der Waals surface area contributed by atoms with Crippen molar-refractivity contribution >= 4 is 23.4 Å². The number of benzene rings is 1. The van der Waals surface area contributed by atoms with Crippen LogP contribution in [-0.4, -0.2) is 21.6 Å². The van der Waals surface area contributed by atoms with Gasteiger partial charge in [0.15, 0.2) is 5.16 Å². The highest BCUT2D eigenvalue weighted by atomic mass is 32.2. The minimum Gasteiger partial charge on any atom is -0.325 e. The van der Waals surface area contributed by atoms with Crippen molar-refractivity contribution in [2.75, 3.05) is 11.1 Å². The van der Waals surface area contributed by atoms with Gasteiger partial charge in [0, 0.05) is 16.9 Å². The average Bonchev–Trinajstić information content (AvgIpc) is 2.47. The highest BCUT2D eigenvalue weighted by Crippen LogP contribution is 2.19. The fourth-order valence-electron chi connectivity index (χ4n) is 1.89. The van der Waals surface area contributed by atoms with Crippen molar-refractivity contribution in [2.24, 2.45) is 0 Å². The first-order valence-corrected chi connectivity index (χ1v) is 7.93. The molecule has 1 aromatic heterocycles. The molecule has 0 saturated carbocycles. The molecule has 6 heteroatoms. The monoisotopic (exact) mass is 317 g/mol. The molecular weight excluding hydrogens is 298 g/mol. The summed E-state index contributed by atoms with van der Waals surface area (Å²) >= 11 is 1.22. The van der Waals surface area contributed by atoms with Crippen LogP contribution in [-0.2, 0) is 4.79 Å². The van der Waals surface area contributed by atoms with Gasteiger partial charge in [-0.15, -0.1) is 0 Å². The van der Waals surface area contributed by atoms with Gasteiger partial charge < -0.3 is 10.3 Å². The minimum atomic E-state index is -0.162. The van der Waals surface area contributed by atoms with E-state index in [0.29, 0.717) is 16.4 Å². The number of thioether (sulfide) groups is 1. The number of carbonyl (C=O) groups is 1. The summed E-state index contributed by atoms with van der Waals surface area (Å²) in [6.45, 7) is 7.48. The van der Waals surface area contributed by atoms with Gasteiger partial charge in [0.25, 0.3) is 5.56 Å². The molecule has 2 N–H and O–H groups in total. The van der Waals surface area contributed by atoms with Gasteiger partial charge in [0.1, 0.15) is 0 Å². The number of anilines is 1. The third-order valence-electron chi connectivity index (χ3n) is 3.59. The van der Waals surface area contributed by atoms with Crippen molar-refractivity contribution in [3.63, 3.8) is 0 Å². The van der Waals surface area contributed by atoms with Gasteiger partial charge in [-0.25, -0.2) is 4.98 Å². The maximum absolute atomic E-state index is 12.0. The number of amides is 1. The van der Waals surface area contributed by atoms with Crippen LogP contribution in [0.3, 0.4) is 0 Å². The SMILES string of the molecule is Cc1cccc(NC(=O)CSc2nc(C)c(C)c(=O)[nH]2)c1C. The fraction of sp³-hybridized carbons (Fsp3) is 0.312. The van der Waals surface area contributed by atoms with E-state index >= 15 is 0 Å². The smallest absolute Gasteiger partial charge is 0.254 e. The van der Waals surface area contributed by atoms with Crippen molar-refractivity contribution < 1.29 is 4.79 Å². The van der Waals surface area contributed by atoms with Crippen LogP contribution in [0.2, 0.25) is 0 Å². The number of aromatic nitrogens is 2. The Morgan fingerprint density at radius 2 is 1.95 bits per heavy atom. The Hall–Kier alpha value is -2.08. The normalized spacial score (nSPS) is 10.5. The molecule has 1 amide bonds. The Kier molecular flexibility index (Phi) is 5.03. The zero-order valence-electron chi connectivity index (χ0n) is 13.1. The molecule has 22 heavy (non-hydrogen) atoms. The standard InChI is InChI=1S/C16H19N3O2S/c1-9-6-5-7-13(10(9)2)18-14(20)8-22-16-17-12(4)11(3)15(21)19-16/h5-7H,8H2,1-4H3,(H,18,20)(H,17,19,21). The van der Waals surface area contributed by atoms with Crippen molar-refractivity contribution in [3.8, 4) is 0 Å². The summed E-state index contributed by atoms with van der Waals surface area (Å²) in [6.07, 6.45) is 0. The lowest BCUT2D eigenvalue weighted by Crippen LogP contribution is -2.17. The molecule has 0 aliphatic carbocycles. The molecule has 0 atom stereocenters. The van der Waals surface area contributed by atoms with Crippen LogP contribution < -0.4 is 10.9 Å². The van der Waals surface area contributed by atoms with E-state index in [2.05, 4.69) is 15.3 Å². The van der Waals surface area contributed by atoms with Crippen LogP contribution in [0.15, 0.2) is 28.2 Å². The number of hydrogen-bond donors (Lipinski definition) is 2. The number of H-pyrrole nitrogens is 1. The van der Waals surface area contributed by atoms with E-state index in [1.807, 2.05) is 32.0 Å². The zero-order valence-corrected chi connectivity index (χ0v) is 13.9. The lowest BCUT2D eigenvalue weighted by molar-refractivity contribution is -0.113. The van der Waals surface area contributed by atoms with Crippen LogP contribution in [0.4, 0.5) is 5.69 Å². The van der Waals surface area contributed by atoms with Crippen LogP contribution >= 0.6 is 11.8 Å². The van der Waals surface area contributed by atoms with Crippen molar-refractivity contribution in [3.05, 3.63) is 50.9 Å². The van der Waals surface area contributed by atoms with E-state index in [1.165, 1.54) is 11.8 Å². The van der Waals surface area contributed by atoms with E-state index in [-0.39, 0.29) is 17.2 Å². The fourth-order valence-corrected chi connectivity index (χ4v) is 2.60. The molecular formula is C16H19N3O2S. The maximum Gasteiger partial charge on any atom is 0.254 e. The second-order valence-electron chi connectivity index (χ2n) is 5.17. The molecule has 116 valence electrons. The van der Waals surface area contributed by atoms with Gasteiger partial charge in [-0.2, -0.15) is 0 Å². The molecule has 2 rings (SSSR count). The number of nitrogens with one attached hydrogen (secondary N) is 2. The second kappa shape index (κ2) is 6.79. The predicted molar refractivity (Wildman–Crippen MR) is 89.6 cm³/mol. The third-order valence-corrected chi connectivity index (χ3v) is 4.47. The summed E-state index contributed by atoms with van der Waals surface area (Å²) in [4.78, 5) is 30.6. The molecule has 0 aliphatic heterocycles. The van der Waals surface area contributed by atoms with Crippen LogP contribution in [0.25, 0.3) is 0 Å². The number of carbonyl (C=O) groups excluding carboxylic acids is 1. The molecule has 0 unspecified atom stereocenters. The molecule has 1 aromatic carbocycles. The molecule has 0 spiro atoms. The molecule has 2 aromatic rings. The predicted octanol–water partition coefficient (Wildman–Crippen LogP) is 2.73. The van der Waals surface area contributed by atoms with Crippen LogP contribution in [0.5, 0.6) is 0 Å². The Bertz CT molecular complexity index is 768. The van der Waals surface area contributed by atoms with Gasteiger partial charge in [0.2, 0.25) is 5.91 Å². The Morgan fingerprint density at radius 1 is 1.23 bits per heavy atom. The lowest BCUT2D eigenvalue weighted by Gasteiger charge is -2.10. The van der Waals surface area contributed by atoms with Crippen molar-refractivity contribution in [1.29, 1.82) is 0 Å². The first kappa shape index (κ1) is 16.3. The van der Waals surface area contributed by atoms with E-state index in [0.717, 1.165) is 16.8 Å². The second-order valence-corrected chi connectivity index (χ2v) is 6.13. The Balaban J connectivity index is 2.02. The first-order valence-electron chi connectivity index (χ1n) is 6.95. The molecule has 0 fully saturated rings. The molecule has 0 aliphatic rings. The minimum absolute atomic E-state index is 0.125. The van der Waals surface area contributed by atoms with Crippen LogP contribution in [0.1, 0.15) is 22.4 Å². The molecule has 1 heterocycles. The highest BCUT2D eigenvalue weighted by Gasteiger charge is 2.09. The molecule has 0 radical (unpaired) electrons. The van der Waals surface area contributed by atoms with Gasteiger partial charge in [-0.05, 0) is 44.9 Å². The van der Waals surface area contributed by atoms with Gasteiger partial charge in [-0.3, -0.25) is 9.59 Å². The van der Waals surface area contributed by atoms with E-state index in [9.17, 15) is 9.59 Å². The Morgan fingerprint density at radius 3 is 2.64 bits per heavy atom. The van der Waals surface area contributed by atoms with Crippen LogP contribution in [0, 0.1) is 27.7 Å². The number of rotatable bonds is 4. The van der Waals surface area contributed by atoms with Gasteiger partial charge in [-0.1, -0.05) is 23.9 Å². The first-order chi connectivity index (χ1) is 10.4. The number of nitrogens with zero attached hydrogens (tertiary/aromatic N) is 1. The summed E-state index contributed by atoms with van der Waals surface area (Å²) < 4.78 is 0. The number of hydrogen-bond acceptors (Lipinski definition) is 4. The quantitative estimate of drug-likeness (QED) is 0.671. The summed E-state index contributed by atoms with van der Waals surface area (Å²) in [5.74, 6) is 0.0679.